The number of halogens is 3. The molecule has 1 aliphatic heterocycles. The summed E-state index contributed by atoms with van der Waals surface area (Å²) in [5.74, 6) is 0.960. The summed E-state index contributed by atoms with van der Waals surface area (Å²) < 4.78 is 50.7. The maximum Gasteiger partial charge on any atom is 0.433 e. The summed E-state index contributed by atoms with van der Waals surface area (Å²) in [5.41, 5.74) is 1.67. The van der Waals surface area contributed by atoms with Crippen molar-refractivity contribution in [3.63, 3.8) is 0 Å². The number of morpholine rings is 1. The van der Waals surface area contributed by atoms with Gasteiger partial charge in [0.05, 0.1) is 24.8 Å². The van der Waals surface area contributed by atoms with Gasteiger partial charge in [0, 0.05) is 43.3 Å². The summed E-state index contributed by atoms with van der Waals surface area (Å²) >= 11 is 0. The van der Waals surface area contributed by atoms with Gasteiger partial charge in [-0.05, 0) is 43.9 Å². The average molecular weight is 473 g/mol. The second-order valence-electron chi connectivity index (χ2n) is 8.61. The Bertz CT molecular complexity index is 1130. The lowest BCUT2D eigenvalue weighted by Crippen LogP contribution is -2.36. The van der Waals surface area contributed by atoms with E-state index in [4.69, 9.17) is 9.47 Å². The molecule has 10 heteroatoms. The van der Waals surface area contributed by atoms with E-state index in [-0.39, 0.29) is 18.0 Å². The number of alkyl halides is 3. The molecule has 1 N–H and O–H groups in total. The maximum absolute atomic E-state index is 12.9. The molecule has 5 rings (SSSR count). The van der Waals surface area contributed by atoms with Crippen LogP contribution in [0, 0.1) is 0 Å². The van der Waals surface area contributed by atoms with E-state index in [0.717, 1.165) is 61.6 Å². The van der Waals surface area contributed by atoms with Crippen molar-refractivity contribution in [3.8, 4) is 5.75 Å². The van der Waals surface area contributed by atoms with Gasteiger partial charge in [0.15, 0.2) is 0 Å². The molecule has 3 heterocycles. The number of anilines is 2. The molecule has 180 valence electrons. The van der Waals surface area contributed by atoms with Gasteiger partial charge in [0.1, 0.15) is 22.8 Å². The third kappa shape index (κ3) is 5.16. The molecular formula is C24H26F3N5O2. The first-order chi connectivity index (χ1) is 16.5. The average Bonchev–Trinajstić information content (AvgIpc) is 2.85. The van der Waals surface area contributed by atoms with Gasteiger partial charge in [-0.2, -0.15) is 13.2 Å². The minimum Gasteiger partial charge on any atom is -0.488 e. The third-order valence-corrected chi connectivity index (χ3v) is 6.26. The van der Waals surface area contributed by atoms with Crippen LogP contribution >= 0.6 is 0 Å². The number of nitrogens with one attached hydrogen (secondary N) is 1. The van der Waals surface area contributed by atoms with Gasteiger partial charge in [-0.3, -0.25) is 4.98 Å². The van der Waals surface area contributed by atoms with Gasteiger partial charge >= 0.3 is 6.18 Å². The molecule has 2 aromatic heterocycles. The summed E-state index contributed by atoms with van der Waals surface area (Å²) in [6.07, 6.45) is 1.98. The fraction of sp³-hybridized carbons (Fsp3) is 0.458. The maximum atomic E-state index is 12.9. The molecule has 1 saturated heterocycles. The summed E-state index contributed by atoms with van der Waals surface area (Å²) in [6.45, 7) is 3.00. The van der Waals surface area contributed by atoms with Gasteiger partial charge in [-0.1, -0.05) is 6.07 Å². The van der Waals surface area contributed by atoms with Crippen molar-refractivity contribution >= 4 is 22.5 Å². The fourth-order valence-corrected chi connectivity index (χ4v) is 4.51. The van der Waals surface area contributed by atoms with E-state index >= 15 is 0 Å². The van der Waals surface area contributed by atoms with Crippen molar-refractivity contribution in [2.24, 2.45) is 0 Å². The summed E-state index contributed by atoms with van der Waals surface area (Å²) in [4.78, 5) is 14.9. The molecule has 7 nitrogen and oxygen atoms in total. The van der Waals surface area contributed by atoms with Gasteiger partial charge < -0.3 is 19.7 Å². The van der Waals surface area contributed by atoms with E-state index in [1.165, 1.54) is 6.07 Å². The van der Waals surface area contributed by atoms with Gasteiger partial charge in [0.25, 0.3) is 0 Å². The summed E-state index contributed by atoms with van der Waals surface area (Å²) in [5, 5.41) is 3.15. The lowest BCUT2D eigenvalue weighted by Gasteiger charge is -2.31. The summed E-state index contributed by atoms with van der Waals surface area (Å²) in [6, 6.07) is 8.03. The number of pyridine rings is 1. The fourth-order valence-electron chi connectivity index (χ4n) is 4.51. The van der Waals surface area contributed by atoms with Crippen LogP contribution in [0.3, 0.4) is 0 Å². The number of rotatable bonds is 5. The van der Waals surface area contributed by atoms with Crippen LogP contribution in [0.5, 0.6) is 5.75 Å². The molecule has 1 saturated carbocycles. The van der Waals surface area contributed by atoms with Crippen LogP contribution in [0.1, 0.15) is 31.4 Å². The van der Waals surface area contributed by atoms with Crippen molar-refractivity contribution in [1.82, 2.24) is 15.0 Å². The number of aromatic nitrogens is 3. The predicted molar refractivity (Wildman–Crippen MR) is 122 cm³/mol. The minimum atomic E-state index is -4.45. The standard InChI is InChI=1S/C24H26F3N5O2/c25-24(26,27)21-2-1-3-22(31-21)30-16-4-6-18(7-5-16)34-20-15-17(32-10-12-33-13-11-32)14-19-23(20)29-9-8-28-19/h1-3,8-9,14-16,18H,4-7,10-13H2,(H,30,31)/t16-,18+. The van der Waals surface area contributed by atoms with E-state index in [0.29, 0.717) is 19.0 Å². The molecule has 0 bridgehead atoms. The molecule has 2 aliphatic rings. The van der Waals surface area contributed by atoms with Crippen LogP contribution in [0.2, 0.25) is 0 Å². The Hall–Kier alpha value is -3.14. The van der Waals surface area contributed by atoms with Gasteiger partial charge in [-0.25, -0.2) is 9.97 Å². The molecule has 1 aromatic carbocycles. The van der Waals surface area contributed by atoms with Crippen LogP contribution in [-0.4, -0.2) is 53.4 Å². The van der Waals surface area contributed by atoms with Crippen molar-refractivity contribution in [3.05, 3.63) is 48.4 Å². The number of nitrogens with zero attached hydrogens (tertiary/aromatic N) is 4. The Morgan fingerprint density at radius 3 is 2.53 bits per heavy atom. The lowest BCUT2D eigenvalue weighted by atomic mass is 9.93. The number of ether oxygens (including phenoxy) is 2. The third-order valence-electron chi connectivity index (χ3n) is 6.26. The minimum absolute atomic E-state index is 0.00216. The highest BCUT2D eigenvalue weighted by Crippen LogP contribution is 2.34. The van der Waals surface area contributed by atoms with Gasteiger partial charge in [0.2, 0.25) is 0 Å². The van der Waals surface area contributed by atoms with Crippen LogP contribution in [0.4, 0.5) is 24.7 Å². The zero-order valence-corrected chi connectivity index (χ0v) is 18.6. The zero-order chi connectivity index (χ0) is 23.5. The Labute approximate surface area is 195 Å². The normalized spacial score (nSPS) is 21.4. The van der Waals surface area contributed by atoms with E-state index in [1.807, 2.05) is 12.1 Å². The van der Waals surface area contributed by atoms with Crippen molar-refractivity contribution < 1.29 is 22.6 Å². The number of fused-ring (bicyclic) bond motifs is 1. The first-order valence-electron chi connectivity index (χ1n) is 11.5. The second-order valence-corrected chi connectivity index (χ2v) is 8.61. The first-order valence-corrected chi connectivity index (χ1v) is 11.5. The van der Waals surface area contributed by atoms with Crippen molar-refractivity contribution in [2.45, 2.75) is 44.0 Å². The van der Waals surface area contributed by atoms with Crippen molar-refractivity contribution in [2.75, 3.05) is 36.5 Å². The molecule has 0 radical (unpaired) electrons. The molecule has 0 unspecified atom stereocenters. The largest absolute Gasteiger partial charge is 0.488 e. The highest BCUT2D eigenvalue weighted by atomic mass is 19.4. The molecular weight excluding hydrogens is 447 g/mol. The Balaban J connectivity index is 1.25. The Morgan fingerprint density at radius 2 is 1.76 bits per heavy atom. The summed E-state index contributed by atoms with van der Waals surface area (Å²) in [7, 11) is 0. The topological polar surface area (TPSA) is 72.4 Å². The van der Waals surface area contributed by atoms with E-state index < -0.39 is 11.9 Å². The number of benzene rings is 1. The zero-order valence-electron chi connectivity index (χ0n) is 18.6. The lowest BCUT2D eigenvalue weighted by molar-refractivity contribution is -0.141. The van der Waals surface area contributed by atoms with Crippen LogP contribution in [0.15, 0.2) is 42.7 Å². The van der Waals surface area contributed by atoms with E-state index in [9.17, 15) is 13.2 Å². The van der Waals surface area contributed by atoms with Crippen LogP contribution in [-0.2, 0) is 10.9 Å². The van der Waals surface area contributed by atoms with Crippen molar-refractivity contribution in [1.29, 1.82) is 0 Å². The molecule has 34 heavy (non-hydrogen) atoms. The monoisotopic (exact) mass is 473 g/mol. The number of hydrogen-bond donors (Lipinski definition) is 1. The van der Waals surface area contributed by atoms with E-state index in [1.54, 1.807) is 18.5 Å². The molecule has 0 amide bonds. The van der Waals surface area contributed by atoms with Crippen LogP contribution in [0.25, 0.3) is 11.0 Å². The quantitative estimate of drug-likeness (QED) is 0.577. The smallest absolute Gasteiger partial charge is 0.433 e. The predicted octanol–water partition coefficient (Wildman–Crippen LogP) is 4.68. The number of hydrogen-bond acceptors (Lipinski definition) is 7. The molecule has 0 atom stereocenters. The highest BCUT2D eigenvalue weighted by Gasteiger charge is 2.33. The highest BCUT2D eigenvalue weighted by molar-refractivity contribution is 5.85. The molecule has 2 fully saturated rings. The SMILES string of the molecule is FC(F)(F)c1cccc(N[C@H]2CC[C@@H](Oc3cc(N4CCOCC4)cc4nccnc34)CC2)n1. The van der Waals surface area contributed by atoms with Gasteiger partial charge in [-0.15, -0.1) is 0 Å². The molecule has 0 spiro atoms. The first kappa shape index (κ1) is 22.6. The van der Waals surface area contributed by atoms with E-state index in [2.05, 4.69) is 25.2 Å². The Morgan fingerprint density at radius 1 is 1.00 bits per heavy atom. The molecule has 3 aromatic rings. The Kier molecular flexibility index (Phi) is 6.40. The second kappa shape index (κ2) is 9.61. The van der Waals surface area contributed by atoms with Crippen LogP contribution < -0.4 is 15.0 Å². The molecule has 1 aliphatic carbocycles.